The first-order chi connectivity index (χ1) is 6.22. The summed E-state index contributed by atoms with van der Waals surface area (Å²) >= 11 is 2.56. The van der Waals surface area contributed by atoms with Crippen LogP contribution in [-0.2, 0) is 4.79 Å². The lowest BCUT2D eigenvalue weighted by Gasteiger charge is -1.90. The van der Waals surface area contributed by atoms with Crippen molar-refractivity contribution >= 4 is 34.1 Å². The van der Waals surface area contributed by atoms with Crippen LogP contribution in [0.4, 0.5) is 5.13 Å². The molecular formula is C6H6N4OS2. The maximum absolute atomic E-state index is 10.6. The Bertz CT molecular complexity index is 343. The van der Waals surface area contributed by atoms with Crippen LogP contribution in [0.25, 0.3) is 0 Å². The second kappa shape index (κ2) is 4.79. The molecule has 0 saturated heterocycles. The highest BCUT2D eigenvalue weighted by molar-refractivity contribution is 8.01. The third-order valence-electron chi connectivity index (χ3n) is 0.950. The predicted octanol–water partition coefficient (Wildman–Crippen LogP) is 1.11. The molecule has 1 N–H and O–H groups in total. The van der Waals surface area contributed by atoms with Crippen molar-refractivity contribution < 1.29 is 4.79 Å². The number of nitrogens with zero attached hydrogens (tertiary/aromatic N) is 3. The van der Waals surface area contributed by atoms with E-state index in [0.717, 1.165) is 0 Å². The van der Waals surface area contributed by atoms with Crippen molar-refractivity contribution in [2.75, 3.05) is 11.1 Å². The molecule has 13 heavy (non-hydrogen) atoms. The lowest BCUT2D eigenvalue weighted by atomic mass is 10.7. The van der Waals surface area contributed by atoms with Gasteiger partial charge in [-0.15, -0.1) is 10.2 Å². The molecule has 1 aromatic heterocycles. The number of nitriles is 1. The number of aromatic nitrogens is 2. The number of thioether (sulfide) groups is 1. The summed E-state index contributed by atoms with van der Waals surface area (Å²) in [6.45, 7) is 1.41. The summed E-state index contributed by atoms with van der Waals surface area (Å²) in [6.07, 6.45) is 0. The Hall–Kier alpha value is -1.13. The Morgan fingerprint density at radius 1 is 1.77 bits per heavy atom. The van der Waals surface area contributed by atoms with E-state index in [2.05, 4.69) is 15.5 Å². The number of hydrogen-bond donors (Lipinski definition) is 1. The first-order valence-corrected chi connectivity index (χ1v) is 5.13. The minimum atomic E-state index is -0.173. The summed E-state index contributed by atoms with van der Waals surface area (Å²) in [6, 6.07) is 1.98. The van der Waals surface area contributed by atoms with Gasteiger partial charge in [0.05, 0.1) is 11.8 Å². The Kier molecular flexibility index (Phi) is 3.67. The molecular weight excluding hydrogens is 208 g/mol. The molecule has 0 saturated carbocycles. The van der Waals surface area contributed by atoms with Crippen LogP contribution < -0.4 is 5.32 Å². The number of hydrogen-bond acceptors (Lipinski definition) is 6. The Morgan fingerprint density at radius 2 is 2.54 bits per heavy atom. The molecule has 0 aliphatic carbocycles. The molecule has 7 heteroatoms. The summed E-state index contributed by atoms with van der Waals surface area (Å²) in [4.78, 5) is 10.6. The molecule has 1 amide bonds. The fraction of sp³-hybridized carbons (Fsp3) is 0.333. The molecule has 1 aromatic rings. The zero-order valence-electron chi connectivity index (χ0n) is 6.77. The summed E-state index contributed by atoms with van der Waals surface area (Å²) in [5, 5.41) is 18.8. The summed E-state index contributed by atoms with van der Waals surface area (Å²) in [5.41, 5.74) is 0. The SMILES string of the molecule is CC(=O)Nc1nnc(SCC#N)s1. The van der Waals surface area contributed by atoms with Gasteiger partial charge in [0.1, 0.15) is 0 Å². The van der Waals surface area contributed by atoms with Crippen molar-refractivity contribution in [2.24, 2.45) is 0 Å². The fourth-order valence-corrected chi connectivity index (χ4v) is 2.02. The van der Waals surface area contributed by atoms with Gasteiger partial charge in [-0.1, -0.05) is 23.1 Å². The highest BCUT2D eigenvalue weighted by Crippen LogP contribution is 2.24. The number of carbonyl (C=O) groups excluding carboxylic acids is 1. The first-order valence-electron chi connectivity index (χ1n) is 3.33. The monoisotopic (exact) mass is 214 g/mol. The van der Waals surface area contributed by atoms with E-state index < -0.39 is 0 Å². The Morgan fingerprint density at radius 3 is 3.15 bits per heavy atom. The van der Waals surface area contributed by atoms with Crippen LogP contribution in [0, 0.1) is 11.3 Å². The molecule has 0 bridgehead atoms. The molecule has 0 aliphatic heterocycles. The van der Waals surface area contributed by atoms with Crippen molar-refractivity contribution in [3.8, 4) is 6.07 Å². The van der Waals surface area contributed by atoms with Crippen LogP contribution in [-0.4, -0.2) is 21.9 Å². The lowest BCUT2D eigenvalue weighted by Crippen LogP contribution is -2.04. The Labute approximate surface area is 83.2 Å². The third kappa shape index (κ3) is 3.40. The predicted molar refractivity (Wildman–Crippen MR) is 50.5 cm³/mol. The average molecular weight is 214 g/mol. The number of nitrogens with one attached hydrogen (secondary N) is 1. The second-order valence-corrected chi connectivity index (χ2v) is 4.20. The van der Waals surface area contributed by atoms with E-state index in [1.165, 1.54) is 30.0 Å². The first kappa shape index (κ1) is 9.95. The summed E-state index contributed by atoms with van der Waals surface area (Å²) in [7, 11) is 0. The average Bonchev–Trinajstić information content (AvgIpc) is 2.48. The molecule has 0 atom stereocenters. The molecule has 1 heterocycles. The smallest absolute Gasteiger partial charge is 0.223 e. The van der Waals surface area contributed by atoms with Crippen LogP contribution in [0.2, 0.25) is 0 Å². The largest absolute Gasteiger partial charge is 0.301 e. The van der Waals surface area contributed by atoms with Gasteiger partial charge in [-0.2, -0.15) is 5.26 Å². The van der Waals surface area contributed by atoms with E-state index in [4.69, 9.17) is 5.26 Å². The van der Waals surface area contributed by atoms with Crippen LogP contribution in [0.15, 0.2) is 4.34 Å². The normalized spacial score (nSPS) is 9.23. The van der Waals surface area contributed by atoms with E-state index in [9.17, 15) is 4.79 Å². The van der Waals surface area contributed by atoms with E-state index in [-0.39, 0.29) is 5.91 Å². The topological polar surface area (TPSA) is 78.7 Å². The molecule has 0 spiro atoms. The zero-order chi connectivity index (χ0) is 9.68. The fourth-order valence-electron chi connectivity index (χ4n) is 0.563. The Balaban J connectivity index is 2.54. The molecule has 1 rings (SSSR count). The maximum atomic E-state index is 10.6. The van der Waals surface area contributed by atoms with Gasteiger partial charge in [-0.25, -0.2) is 0 Å². The van der Waals surface area contributed by atoms with Gasteiger partial charge in [-0.05, 0) is 0 Å². The van der Waals surface area contributed by atoms with Crippen LogP contribution in [0.5, 0.6) is 0 Å². The number of anilines is 1. The molecule has 0 aliphatic rings. The van der Waals surface area contributed by atoms with E-state index in [0.29, 0.717) is 15.2 Å². The lowest BCUT2D eigenvalue weighted by molar-refractivity contribution is -0.114. The minimum Gasteiger partial charge on any atom is -0.301 e. The van der Waals surface area contributed by atoms with Gasteiger partial charge in [0.15, 0.2) is 4.34 Å². The minimum absolute atomic E-state index is 0.173. The van der Waals surface area contributed by atoms with E-state index in [1.807, 2.05) is 6.07 Å². The van der Waals surface area contributed by atoms with Crippen molar-refractivity contribution in [3.05, 3.63) is 0 Å². The quantitative estimate of drug-likeness (QED) is 0.602. The van der Waals surface area contributed by atoms with Gasteiger partial charge in [0.2, 0.25) is 11.0 Å². The number of carbonyl (C=O) groups is 1. The van der Waals surface area contributed by atoms with Crippen LogP contribution in [0.1, 0.15) is 6.92 Å². The molecule has 0 radical (unpaired) electrons. The van der Waals surface area contributed by atoms with Crippen molar-refractivity contribution in [3.63, 3.8) is 0 Å². The summed E-state index contributed by atoms with van der Waals surface area (Å²) in [5.74, 6) is 0.169. The van der Waals surface area contributed by atoms with Crippen molar-refractivity contribution in [2.45, 2.75) is 11.3 Å². The van der Waals surface area contributed by atoms with Crippen LogP contribution >= 0.6 is 23.1 Å². The third-order valence-corrected chi connectivity index (χ3v) is 2.79. The van der Waals surface area contributed by atoms with Gasteiger partial charge in [0.25, 0.3) is 0 Å². The van der Waals surface area contributed by atoms with Gasteiger partial charge >= 0.3 is 0 Å². The second-order valence-electron chi connectivity index (χ2n) is 2.00. The van der Waals surface area contributed by atoms with Crippen molar-refractivity contribution in [1.82, 2.24) is 10.2 Å². The molecule has 0 unspecified atom stereocenters. The molecule has 0 fully saturated rings. The van der Waals surface area contributed by atoms with Gasteiger partial charge in [-0.3, -0.25) is 4.79 Å². The highest BCUT2D eigenvalue weighted by Gasteiger charge is 2.04. The maximum Gasteiger partial charge on any atom is 0.223 e. The van der Waals surface area contributed by atoms with Crippen molar-refractivity contribution in [1.29, 1.82) is 5.26 Å². The standard InChI is InChI=1S/C6H6N4OS2/c1-4(11)8-5-9-10-6(13-5)12-3-2-7/h3H2,1H3,(H,8,9,11). The number of rotatable bonds is 3. The molecule has 68 valence electrons. The molecule has 0 aromatic carbocycles. The zero-order valence-corrected chi connectivity index (χ0v) is 8.41. The number of amides is 1. The summed E-state index contributed by atoms with van der Waals surface area (Å²) < 4.78 is 0.685. The van der Waals surface area contributed by atoms with Gasteiger partial charge < -0.3 is 5.32 Å². The molecule has 5 nitrogen and oxygen atoms in total. The highest BCUT2D eigenvalue weighted by atomic mass is 32.2. The van der Waals surface area contributed by atoms with E-state index in [1.54, 1.807) is 0 Å². The van der Waals surface area contributed by atoms with Gasteiger partial charge in [0, 0.05) is 6.92 Å². The van der Waals surface area contributed by atoms with Crippen LogP contribution in [0.3, 0.4) is 0 Å². The van der Waals surface area contributed by atoms with E-state index >= 15 is 0 Å².